The summed E-state index contributed by atoms with van der Waals surface area (Å²) in [6.45, 7) is 6.63. The van der Waals surface area contributed by atoms with Crippen LogP contribution in [0, 0.1) is 0 Å². The summed E-state index contributed by atoms with van der Waals surface area (Å²) in [7, 11) is 0. The minimum absolute atomic E-state index is 0.0777. The summed E-state index contributed by atoms with van der Waals surface area (Å²) in [5.74, 6) is -0.879. The lowest BCUT2D eigenvalue weighted by molar-refractivity contribution is -0.167. The normalized spacial score (nSPS) is 12.3. The van der Waals surface area contributed by atoms with Gasteiger partial charge in [0, 0.05) is 19.3 Å². The molecule has 0 fully saturated rings. The summed E-state index contributed by atoms with van der Waals surface area (Å²) in [6.07, 6.45) is 82.8. The molecule has 1 atom stereocenters. The standard InChI is InChI=1S/C71H130O6/c1-4-7-10-13-16-19-22-25-27-29-31-32-33-34-35-36-37-38-39-41-42-44-46-49-52-55-58-61-64-70(73)76-67-68(66-75-69(72)63-60-57-54-51-48-24-21-18-15-12-9-6-3)77-71(74)65-62-59-56-53-50-47-45-43-40-30-28-26-23-20-17-14-11-8-5-2/h17-18,20-21,26,28,40,43,68H,4-16,19,22-25,27,29-39,41-42,44-67H2,1-3H3/b20-17-,21-18-,28-26-,43-40-. The third kappa shape index (κ3) is 64.1. The Morgan fingerprint density at radius 3 is 0.766 bits per heavy atom. The van der Waals surface area contributed by atoms with Crippen molar-refractivity contribution in [2.45, 2.75) is 374 Å². The number of hydrogen-bond donors (Lipinski definition) is 0. The molecule has 0 radical (unpaired) electrons. The van der Waals surface area contributed by atoms with E-state index in [0.29, 0.717) is 19.3 Å². The van der Waals surface area contributed by atoms with Crippen LogP contribution in [0.2, 0.25) is 0 Å². The van der Waals surface area contributed by atoms with Crippen LogP contribution in [-0.2, 0) is 28.6 Å². The zero-order valence-corrected chi connectivity index (χ0v) is 51.7. The molecule has 0 aliphatic rings. The van der Waals surface area contributed by atoms with Crippen molar-refractivity contribution in [3.05, 3.63) is 48.6 Å². The van der Waals surface area contributed by atoms with Gasteiger partial charge in [-0.15, -0.1) is 0 Å². The number of rotatable bonds is 63. The fourth-order valence-electron chi connectivity index (χ4n) is 10.2. The van der Waals surface area contributed by atoms with Crippen molar-refractivity contribution >= 4 is 17.9 Å². The predicted octanol–water partition coefficient (Wildman–Crippen LogP) is 23.3. The molecule has 0 heterocycles. The topological polar surface area (TPSA) is 78.9 Å². The first kappa shape index (κ1) is 74.4. The van der Waals surface area contributed by atoms with E-state index in [1.54, 1.807) is 0 Å². The van der Waals surface area contributed by atoms with Gasteiger partial charge in [0.1, 0.15) is 13.2 Å². The van der Waals surface area contributed by atoms with Gasteiger partial charge in [-0.05, 0) is 83.5 Å². The van der Waals surface area contributed by atoms with Gasteiger partial charge in [0.25, 0.3) is 0 Å². The largest absolute Gasteiger partial charge is 0.462 e. The van der Waals surface area contributed by atoms with Crippen LogP contribution in [0.5, 0.6) is 0 Å². The first-order chi connectivity index (χ1) is 38.0. The highest BCUT2D eigenvalue weighted by Gasteiger charge is 2.19. The summed E-state index contributed by atoms with van der Waals surface area (Å²) in [6, 6.07) is 0. The van der Waals surface area contributed by atoms with Crippen molar-refractivity contribution in [2.24, 2.45) is 0 Å². The van der Waals surface area contributed by atoms with Gasteiger partial charge in [-0.25, -0.2) is 0 Å². The third-order valence-corrected chi connectivity index (χ3v) is 15.3. The number of ether oxygens (including phenoxy) is 3. The van der Waals surface area contributed by atoms with Crippen LogP contribution in [0.4, 0.5) is 0 Å². The second kappa shape index (κ2) is 65.9. The van der Waals surface area contributed by atoms with Gasteiger partial charge in [0.2, 0.25) is 0 Å². The predicted molar refractivity (Wildman–Crippen MR) is 335 cm³/mol. The van der Waals surface area contributed by atoms with E-state index in [1.807, 2.05) is 0 Å². The number of esters is 3. The Morgan fingerprint density at radius 2 is 0.468 bits per heavy atom. The third-order valence-electron chi connectivity index (χ3n) is 15.3. The summed E-state index contributed by atoms with van der Waals surface area (Å²) < 4.78 is 16.9. The molecule has 0 saturated carbocycles. The van der Waals surface area contributed by atoms with E-state index in [-0.39, 0.29) is 31.1 Å². The van der Waals surface area contributed by atoms with Crippen molar-refractivity contribution in [3.63, 3.8) is 0 Å². The van der Waals surface area contributed by atoms with Crippen molar-refractivity contribution in [1.29, 1.82) is 0 Å². The van der Waals surface area contributed by atoms with Gasteiger partial charge >= 0.3 is 17.9 Å². The van der Waals surface area contributed by atoms with E-state index in [2.05, 4.69) is 69.4 Å². The molecule has 1 unspecified atom stereocenters. The Balaban J connectivity index is 4.20. The smallest absolute Gasteiger partial charge is 0.306 e. The van der Waals surface area contributed by atoms with Crippen LogP contribution in [0.15, 0.2) is 48.6 Å². The average molecular weight is 1080 g/mol. The maximum atomic E-state index is 12.9. The van der Waals surface area contributed by atoms with Crippen molar-refractivity contribution in [1.82, 2.24) is 0 Å². The first-order valence-electron chi connectivity index (χ1n) is 34.1. The molecule has 0 saturated heterocycles. The highest BCUT2D eigenvalue weighted by molar-refractivity contribution is 5.71. The van der Waals surface area contributed by atoms with Gasteiger partial charge in [0.05, 0.1) is 0 Å². The van der Waals surface area contributed by atoms with E-state index < -0.39 is 6.10 Å². The first-order valence-corrected chi connectivity index (χ1v) is 34.1. The van der Waals surface area contributed by atoms with Crippen LogP contribution in [-0.4, -0.2) is 37.2 Å². The Labute approximate surface area is 479 Å². The summed E-state index contributed by atoms with van der Waals surface area (Å²) in [4.78, 5) is 38.3. The zero-order chi connectivity index (χ0) is 55.7. The minimum Gasteiger partial charge on any atom is -0.462 e. The molecule has 0 bridgehead atoms. The molecule has 0 aromatic rings. The molecule has 0 spiro atoms. The molecule has 6 heteroatoms. The van der Waals surface area contributed by atoms with Gasteiger partial charge in [-0.2, -0.15) is 0 Å². The van der Waals surface area contributed by atoms with Gasteiger partial charge in [-0.3, -0.25) is 14.4 Å². The maximum Gasteiger partial charge on any atom is 0.306 e. The lowest BCUT2D eigenvalue weighted by Crippen LogP contribution is -2.30. The molecule has 450 valence electrons. The van der Waals surface area contributed by atoms with Crippen molar-refractivity contribution in [2.75, 3.05) is 13.2 Å². The minimum atomic E-state index is -0.783. The fraction of sp³-hybridized carbons (Fsp3) is 0.845. The quantitative estimate of drug-likeness (QED) is 0.0261. The molecular formula is C71H130O6. The number of carbonyl (C=O) groups is 3. The summed E-state index contributed by atoms with van der Waals surface area (Å²) in [5, 5.41) is 0. The number of carbonyl (C=O) groups excluding carboxylic acids is 3. The molecule has 0 aliphatic heterocycles. The van der Waals surface area contributed by atoms with E-state index >= 15 is 0 Å². The molecule has 6 nitrogen and oxygen atoms in total. The van der Waals surface area contributed by atoms with E-state index in [4.69, 9.17) is 14.2 Å². The van der Waals surface area contributed by atoms with Crippen LogP contribution < -0.4 is 0 Å². The molecule has 0 N–H and O–H groups in total. The molecular weight excluding hydrogens is 949 g/mol. The van der Waals surface area contributed by atoms with Gasteiger partial charge in [-0.1, -0.05) is 313 Å². The van der Waals surface area contributed by atoms with E-state index in [1.165, 1.54) is 238 Å². The Bertz CT molecular complexity index is 1330. The second-order valence-electron chi connectivity index (χ2n) is 23.1. The molecule has 0 amide bonds. The maximum absolute atomic E-state index is 12.9. The monoisotopic (exact) mass is 1080 g/mol. The Kier molecular flexibility index (Phi) is 63.6. The number of hydrogen-bond acceptors (Lipinski definition) is 6. The second-order valence-corrected chi connectivity index (χ2v) is 23.1. The van der Waals surface area contributed by atoms with Gasteiger partial charge in [0.15, 0.2) is 6.10 Å². The summed E-state index contributed by atoms with van der Waals surface area (Å²) >= 11 is 0. The van der Waals surface area contributed by atoms with Crippen molar-refractivity contribution in [3.8, 4) is 0 Å². The summed E-state index contributed by atoms with van der Waals surface area (Å²) in [5.41, 5.74) is 0. The molecule has 0 aliphatic carbocycles. The van der Waals surface area contributed by atoms with Crippen LogP contribution in [0.25, 0.3) is 0 Å². The van der Waals surface area contributed by atoms with Crippen LogP contribution in [0.1, 0.15) is 367 Å². The number of allylic oxidation sites excluding steroid dienone is 8. The van der Waals surface area contributed by atoms with Gasteiger partial charge < -0.3 is 14.2 Å². The fourth-order valence-corrected chi connectivity index (χ4v) is 10.2. The highest BCUT2D eigenvalue weighted by atomic mass is 16.6. The Morgan fingerprint density at radius 1 is 0.260 bits per heavy atom. The Hall–Kier alpha value is -2.63. The van der Waals surface area contributed by atoms with Crippen LogP contribution >= 0.6 is 0 Å². The lowest BCUT2D eigenvalue weighted by Gasteiger charge is -2.18. The number of unbranched alkanes of at least 4 members (excludes halogenated alkanes) is 44. The van der Waals surface area contributed by atoms with Crippen molar-refractivity contribution < 1.29 is 28.6 Å². The molecule has 0 aromatic heterocycles. The molecule has 77 heavy (non-hydrogen) atoms. The SMILES string of the molecule is CCCCC/C=C\C/C=C\C/C=C\CCCCCCCCC(=O)OC(COC(=O)CCCCCCC/C=C\CCCCC)COC(=O)CCCCCCCCCCCCCCCCCCCCCCCCCCCCCC. The van der Waals surface area contributed by atoms with E-state index in [0.717, 1.165) is 89.9 Å². The average Bonchev–Trinajstić information content (AvgIpc) is 3.43. The van der Waals surface area contributed by atoms with Crippen LogP contribution in [0.3, 0.4) is 0 Å². The highest BCUT2D eigenvalue weighted by Crippen LogP contribution is 2.18. The molecule has 0 rings (SSSR count). The zero-order valence-electron chi connectivity index (χ0n) is 51.7. The van der Waals surface area contributed by atoms with E-state index in [9.17, 15) is 14.4 Å². The molecule has 0 aromatic carbocycles. The lowest BCUT2D eigenvalue weighted by atomic mass is 10.0.